The fraction of sp³-hybridized carbons (Fsp3) is 0.583. The number of ether oxygens (including phenoxy) is 1. The Morgan fingerprint density at radius 3 is 3.00 bits per heavy atom. The summed E-state index contributed by atoms with van der Waals surface area (Å²) in [4.78, 5) is 4.41. The van der Waals surface area contributed by atoms with Crippen LogP contribution in [-0.4, -0.2) is 17.6 Å². The van der Waals surface area contributed by atoms with Crippen LogP contribution in [-0.2, 0) is 6.42 Å². The molecule has 1 atom stereocenters. The standard InChI is InChI=1S/C12H18N2O/c1-2-15-12-5-3-4-10(14-12)8-11(13)9-6-7-9/h3-5,9,11H,2,6-8,13H2,1H3. The fourth-order valence-corrected chi connectivity index (χ4v) is 1.73. The molecule has 1 fully saturated rings. The van der Waals surface area contributed by atoms with Crippen LogP contribution < -0.4 is 10.5 Å². The largest absolute Gasteiger partial charge is 0.478 e. The molecule has 3 heteroatoms. The average Bonchev–Trinajstić information content (AvgIpc) is 3.01. The van der Waals surface area contributed by atoms with E-state index < -0.39 is 0 Å². The molecule has 0 aliphatic heterocycles. The number of hydrogen-bond donors (Lipinski definition) is 1. The van der Waals surface area contributed by atoms with Crippen molar-refractivity contribution in [3.05, 3.63) is 23.9 Å². The predicted molar refractivity (Wildman–Crippen MR) is 59.8 cm³/mol. The zero-order chi connectivity index (χ0) is 10.7. The highest BCUT2D eigenvalue weighted by Crippen LogP contribution is 2.32. The second-order valence-corrected chi connectivity index (χ2v) is 4.11. The molecule has 1 aliphatic rings. The molecule has 2 rings (SSSR count). The van der Waals surface area contributed by atoms with Gasteiger partial charge in [0.1, 0.15) is 0 Å². The number of rotatable bonds is 5. The molecular weight excluding hydrogens is 188 g/mol. The van der Waals surface area contributed by atoms with Gasteiger partial charge in [-0.2, -0.15) is 0 Å². The van der Waals surface area contributed by atoms with E-state index in [4.69, 9.17) is 10.5 Å². The SMILES string of the molecule is CCOc1cccc(CC(N)C2CC2)n1. The summed E-state index contributed by atoms with van der Waals surface area (Å²) in [6, 6.07) is 6.15. The Labute approximate surface area is 90.7 Å². The van der Waals surface area contributed by atoms with Crippen molar-refractivity contribution in [2.75, 3.05) is 6.61 Å². The van der Waals surface area contributed by atoms with Gasteiger partial charge in [0.2, 0.25) is 5.88 Å². The molecule has 1 aromatic heterocycles. The van der Waals surface area contributed by atoms with Crippen molar-refractivity contribution in [2.24, 2.45) is 11.7 Å². The van der Waals surface area contributed by atoms with Crippen molar-refractivity contribution in [1.82, 2.24) is 4.98 Å². The fourth-order valence-electron chi connectivity index (χ4n) is 1.73. The first-order valence-electron chi connectivity index (χ1n) is 5.64. The van der Waals surface area contributed by atoms with Crippen molar-refractivity contribution in [3.63, 3.8) is 0 Å². The summed E-state index contributed by atoms with van der Waals surface area (Å²) in [5.74, 6) is 1.43. The highest BCUT2D eigenvalue weighted by molar-refractivity contribution is 5.16. The molecule has 82 valence electrons. The van der Waals surface area contributed by atoms with E-state index in [1.165, 1.54) is 12.8 Å². The Balaban J connectivity index is 1.97. The van der Waals surface area contributed by atoms with E-state index in [-0.39, 0.29) is 6.04 Å². The molecular formula is C12H18N2O. The summed E-state index contributed by atoms with van der Waals surface area (Å²) < 4.78 is 5.35. The Morgan fingerprint density at radius 1 is 1.53 bits per heavy atom. The lowest BCUT2D eigenvalue weighted by molar-refractivity contribution is 0.325. The lowest BCUT2D eigenvalue weighted by Gasteiger charge is -2.10. The Kier molecular flexibility index (Phi) is 3.21. The van der Waals surface area contributed by atoms with Gasteiger partial charge in [-0.05, 0) is 31.7 Å². The molecule has 1 aromatic rings. The molecule has 0 radical (unpaired) electrons. The molecule has 1 aliphatic carbocycles. The summed E-state index contributed by atoms with van der Waals surface area (Å²) in [6.07, 6.45) is 3.43. The highest BCUT2D eigenvalue weighted by Gasteiger charge is 2.28. The van der Waals surface area contributed by atoms with Gasteiger partial charge >= 0.3 is 0 Å². The van der Waals surface area contributed by atoms with Crippen molar-refractivity contribution in [2.45, 2.75) is 32.2 Å². The summed E-state index contributed by atoms with van der Waals surface area (Å²) >= 11 is 0. The van der Waals surface area contributed by atoms with Gasteiger partial charge in [-0.25, -0.2) is 4.98 Å². The molecule has 2 N–H and O–H groups in total. The molecule has 0 amide bonds. The molecule has 0 spiro atoms. The van der Waals surface area contributed by atoms with Gasteiger partial charge in [-0.15, -0.1) is 0 Å². The Hall–Kier alpha value is -1.09. The minimum Gasteiger partial charge on any atom is -0.478 e. The first-order chi connectivity index (χ1) is 7.29. The van der Waals surface area contributed by atoms with Crippen molar-refractivity contribution >= 4 is 0 Å². The van der Waals surface area contributed by atoms with E-state index in [2.05, 4.69) is 4.98 Å². The van der Waals surface area contributed by atoms with Gasteiger partial charge in [0, 0.05) is 24.2 Å². The number of nitrogens with two attached hydrogens (primary N) is 1. The summed E-state index contributed by atoms with van der Waals surface area (Å²) in [7, 11) is 0. The van der Waals surface area contributed by atoms with Gasteiger partial charge < -0.3 is 10.5 Å². The van der Waals surface area contributed by atoms with E-state index in [0.29, 0.717) is 12.5 Å². The zero-order valence-electron chi connectivity index (χ0n) is 9.15. The maximum atomic E-state index is 6.05. The van der Waals surface area contributed by atoms with Gasteiger partial charge in [0.05, 0.1) is 6.61 Å². The number of hydrogen-bond acceptors (Lipinski definition) is 3. The minimum atomic E-state index is 0.273. The van der Waals surface area contributed by atoms with Crippen LogP contribution >= 0.6 is 0 Å². The Bertz CT molecular complexity index is 323. The van der Waals surface area contributed by atoms with Crippen molar-refractivity contribution in [1.29, 1.82) is 0 Å². The first-order valence-corrected chi connectivity index (χ1v) is 5.64. The van der Waals surface area contributed by atoms with Crippen LogP contribution in [0.1, 0.15) is 25.5 Å². The summed E-state index contributed by atoms with van der Waals surface area (Å²) in [6.45, 7) is 2.62. The third kappa shape index (κ3) is 2.93. The highest BCUT2D eigenvalue weighted by atomic mass is 16.5. The van der Waals surface area contributed by atoms with Gasteiger partial charge in [0.15, 0.2) is 0 Å². The van der Waals surface area contributed by atoms with E-state index >= 15 is 0 Å². The predicted octanol–water partition coefficient (Wildman–Crippen LogP) is 1.76. The molecule has 0 aromatic carbocycles. The van der Waals surface area contributed by atoms with Crippen LogP contribution in [0.15, 0.2) is 18.2 Å². The smallest absolute Gasteiger partial charge is 0.213 e. The maximum Gasteiger partial charge on any atom is 0.213 e. The second kappa shape index (κ2) is 4.62. The van der Waals surface area contributed by atoms with Crippen LogP contribution in [0.4, 0.5) is 0 Å². The number of pyridine rings is 1. The van der Waals surface area contributed by atoms with E-state index in [1.54, 1.807) is 0 Å². The Morgan fingerprint density at radius 2 is 2.33 bits per heavy atom. The monoisotopic (exact) mass is 206 g/mol. The zero-order valence-corrected chi connectivity index (χ0v) is 9.15. The topological polar surface area (TPSA) is 48.1 Å². The third-order valence-electron chi connectivity index (χ3n) is 2.75. The van der Waals surface area contributed by atoms with Crippen LogP contribution in [0.3, 0.4) is 0 Å². The van der Waals surface area contributed by atoms with E-state index in [1.807, 2.05) is 25.1 Å². The molecule has 1 unspecified atom stereocenters. The quantitative estimate of drug-likeness (QED) is 0.798. The van der Waals surface area contributed by atoms with Gasteiger partial charge in [-0.3, -0.25) is 0 Å². The second-order valence-electron chi connectivity index (χ2n) is 4.11. The summed E-state index contributed by atoms with van der Waals surface area (Å²) in [5, 5.41) is 0. The normalized spacial score (nSPS) is 17.5. The maximum absolute atomic E-state index is 6.05. The summed E-state index contributed by atoms with van der Waals surface area (Å²) in [5.41, 5.74) is 7.10. The molecule has 1 saturated carbocycles. The molecule has 1 heterocycles. The van der Waals surface area contributed by atoms with Crippen LogP contribution in [0.2, 0.25) is 0 Å². The van der Waals surface area contributed by atoms with Crippen LogP contribution in [0.5, 0.6) is 5.88 Å². The van der Waals surface area contributed by atoms with Crippen molar-refractivity contribution in [3.8, 4) is 5.88 Å². The lowest BCUT2D eigenvalue weighted by Crippen LogP contribution is -2.25. The molecule has 3 nitrogen and oxygen atoms in total. The number of aromatic nitrogens is 1. The molecule has 15 heavy (non-hydrogen) atoms. The molecule has 0 bridgehead atoms. The van der Waals surface area contributed by atoms with Gasteiger partial charge in [-0.1, -0.05) is 6.07 Å². The van der Waals surface area contributed by atoms with E-state index in [0.717, 1.165) is 18.0 Å². The van der Waals surface area contributed by atoms with Crippen LogP contribution in [0, 0.1) is 5.92 Å². The van der Waals surface area contributed by atoms with Gasteiger partial charge in [0.25, 0.3) is 0 Å². The van der Waals surface area contributed by atoms with Crippen molar-refractivity contribution < 1.29 is 4.74 Å². The number of nitrogens with zero attached hydrogens (tertiary/aromatic N) is 1. The average molecular weight is 206 g/mol. The third-order valence-corrected chi connectivity index (χ3v) is 2.75. The first kappa shape index (κ1) is 10.4. The lowest BCUT2D eigenvalue weighted by atomic mass is 10.1. The van der Waals surface area contributed by atoms with Crippen LogP contribution in [0.25, 0.3) is 0 Å². The molecule has 0 saturated heterocycles. The minimum absolute atomic E-state index is 0.273. The van der Waals surface area contributed by atoms with E-state index in [9.17, 15) is 0 Å².